The van der Waals surface area contributed by atoms with Gasteiger partial charge in [0.1, 0.15) is 5.84 Å². The molecule has 6 nitrogen and oxygen atoms in total. The molecule has 104 valence electrons. The van der Waals surface area contributed by atoms with Gasteiger partial charge in [-0.25, -0.2) is 0 Å². The van der Waals surface area contributed by atoms with Crippen molar-refractivity contribution in [2.24, 2.45) is 5.73 Å². The first-order chi connectivity index (χ1) is 8.93. The van der Waals surface area contributed by atoms with Crippen LogP contribution in [0.15, 0.2) is 18.5 Å². The fraction of sp³-hybridized carbons (Fsp3) is 0.538. The van der Waals surface area contributed by atoms with Crippen LogP contribution >= 0.6 is 0 Å². The molecule has 0 bridgehead atoms. The van der Waals surface area contributed by atoms with Gasteiger partial charge in [0.15, 0.2) is 0 Å². The Bertz CT molecular complexity index is 475. The Hall–Kier alpha value is -1.66. The number of aliphatic hydroxyl groups excluding tert-OH is 1. The summed E-state index contributed by atoms with van der Waals surface area (Å²) in [7, 11) is 0. The standard InChI is InChI=1S/C13H20N4O2/c1-13(2)8-17(6-9(7-18)19-13)11-5-16-4-3-10(11)12(14)15/h3-5,9,18H,6-8H2,1-2H3,(H3,14,15). The molecule has 1 aliphatic heterocycles. The van der Waals surface area contributed by atoms with Crippen molar-refractivity contribution in [3.05, 3.63) is 24.0 Å². The number of aromatic nitrogens is 1. The van der Waals surface area contributed by atoms with Crippen LogP contribution in [-0.4, -0.2) is 47.3 Å². The molecule has 1 saturated heterocycles. The van der Waals surface area contributed by atoms with Crippen molar-refractivity contribution in [1.29, 1.82) is 5.41 Å². The van der Waals surface area contributed by atoms with Gasteiger partial charge in [-0.1, -0.05) is 0 Å². The molecule has 19 heavy (non-hydrogen) atoms. The van der Waals surface area contributed by atoms with Crippen molar-refractivity contribution >= 4 is 11.5 Å². The number of nitrogens with two attached hydrogens (primary N) is 1. The number of nitrogens with zero attached hydrogens (tertiary/aromatic N) is 2. The molecular formula is C13H20N4O2. The summed E-state index contributed by atoms with van der Waals surface area (Å²) in [5, 5.41) is 17.0. The van der Waals surface area contributed by atoms with Crippen LogP contribution in [0.1, 0.15) is 19.4 Å². The number of nitrogens with one attached hydrogen (secondary N) is 1. The Morgan fingerprint density at radius 2 is 2.42 bits per heavy atom. The van der Waals surface area contributed by atoms with Crippen molar-refractivity contribution in [3.8, 4) is 0 Å². The molecule has 0 amide bonds. The summed E-state index contributed by atoms with van der Waals surface area (Å²) < 4.78 is 5.78. The van der Waals surface area contributed by atoms with E-state index in [1.807, 2.05) is 13.8 Å². The van der Waals surface area contributed by atoms with E-state index in [-0.39, 0.29) is 24.1 Å². The first-order valence-electron chi connectivity index (χ1n) is 6.25. The fourth-order valence-electron chi connectivity index (χ4n) is 2.44. The highest BCUT2D eigenvalue weighted by molar-refractivity contribution is 6.00. The molecule has 0 radical (unpaired) electrons. The van der Waals surface area contributed by atoms with Gasteiger partial charge < -0.3 is 20.5 Å². The Morgan fingerprint density at radius 3 is 3.05 bits per heavy atom. The quantitative estimate of drug-likeness (QED) is 0.540. The van der Waals surface area contributed by atoms with E-state index in [2.05, 4.69) is 9.88 Å². The summed E-state index contributed by atoms with van der Waals surface area (Å²) in [5.41, 5.74) is 6.71. The fourth-order valence-corrected chi connectivity index (χ4v) is 2.44. The molecule has 0 saturated carbocycles. The predicted octanol–water partition coefficient (Wildman–Crippen LogP) is 0.342. The van der Waals surface area contributed by atoms with Gasteiger partial charge in [-0.2, -0.15) is 0 Å². The van der Waals surface area contributed by atoms with Gasteiger partial charge in [0, 0.05) is 24.8 Å². The smallest absolute Gasteiger partial charge is 0.125 e. The summed E-state index contributed by atoms with van der Waals surface area (Å²) in [4.78, 5) is 6.17. The van der Waals surface area contributed by atoms with Gasteiger partial charge in [0.05, 0.1) is 30.2 Å². The van der Waals surface area contributed by atoms with Gasteiger partial charge in [-0.05, 0) is 19.9 Å². The zero-order valence-electron chi connectivity index (χ0n) is 11.3. The third kappa shape index (κ3) is 3.02. The van der Waals surface area contributed by atoms with Crippen LogP contribution in [0.3, 0.4) is 0 Å². The molecule has 6 heteroatoms. The number of nitrogen functional groups attached to an aromatic ring is 1. The lowest BCUT2D eigenvalue weighted by Crippen LogP contribution is -2.54. The number of anilines is 1. The van der Waals surface area contributed by atoms with Gasteiger partial charge in [0.2, 0.25) is 0 Å². The normalized spacial score (nSPS) is 22.3. The number of rotatable bonds is 3. The molecule has 2 heterocycles. The maximum absolute atomic E-state index is 9.33. The first-order valence-corrected chi connectivity index (χ1v) is 6.25. The largest absolute Gasteiger partial charge is 0.394 e. The van der Waals surface area contributed by atoms with E-state index < -0.39 is 0 Å². The lowest BCUT2D eigenvalue weighted by molar-refractivity contribution is -0.101. The molecule has 1 atom stereocenters. The number of amidine groups is 1. The third-order valence-electron chi connectivity index (χ3n) is 3.12. The van der Waals surface area contributed by atoms with Crippen LogP contribution in [0, 0.1) is 5.41 Å². The van der Waals surface area contributed by atoms with E-state index in [1.165, 1.54) is 0 Å². The SMILES string of the molecule is CC1(C)CN(c2cnccc2C(=N)N)CC(CO)O1. The second-order valence-corrected chi connectivity index (χ2v) is 5.37. The van der Waals surface area contributed by atoms with Crippen LogP contribution in [0.25, 0.3) is 0 Å². The molecule has 0 aromatic carbocycles. The summed E-state index contributed by atoms with van der Waals surface area (Å²) in [6.45, 7) is 5.15. The predicted molar refractivity (Wildman–Crippen MR) is 73.5 cm³/mol. The summed E-state index contributed by atoms with van der Waals surface area (Å²) in [6.07, 6.45) is 3.07. The number of aliphatic hydroxyl groups is 1. The second-order valence-electron chi connectivity index (χ2n) is 5.37. The minimum atomic E-state index is -0.366. The third-order valence-corrected chi connectivity index (χ3v) is 3.12. The zero-order valence-corrected chi connectivity index (χ0v) is 11.3. The number of hydrogen-bond donors (Lipinski definition) is 3. The Labute approximate surface area is 112 Å². The molecule has 1 fully saturated rings. The molecule has 1 aliphatic rings. The topological polar surface area (TPSA) is 95.5 Å². The highest BCUT2D eigenvalue weighted by Gasteiger charge is 2.34. The molecule has 1 aromatic heterocycles. The lowest BCUT2D eigenvalue weighted by Gasteiger charge is -2.43. The lowest BCUT2D eigenvalue weighted by atomic mass is 10.0. The van der Waals surface area contributed by atoms with Crippen LogP contribution in [0.5, 0.6) is 0 Å². The Kier molecular flexibility index (Phi) is 3.73. The van der Waals surface area contributed by atoms with Gasteiger partial charge in [0.25, 0.3) is 0 Å². The van der Waals surface area contributed by atoms with Crippen molar-refractivity contribution < 1.29 is 9.84 Å². The minimum Gasteiger partial charge on any atom is -0.394 e. The second kappa shape index (κ2) is 5.14. The molecule has 2 rings (SSSR count). The Balaban J connectivity index is 2.33. The number of pyridine rings is 1. The highest BCUT2D eigenvalue weighted by atomic mass is 16.5. The molecule has 1 unspecified atom stereocenters. The summed E-state index contributed by atoms with van der Waals surface area (Å²) in [6, 6.07) is 1.73. The summed E-state index contributed by atoms with van der Waals surface area (Å²) >= 11 is 0. The summed E-state index contributed by atoms with van der Waals surface area (Å²) in [5.74, 6) is 0.0160. The average Bonchev–Trinajstić information content (AvgIpc) is 2.36. The van der Waals surface area contributed by atoms with Crippen LogP contribution in [-0.2, 0) is 4.74 Å². The van der Waals surface area contributed by atoms with Crippen LogP contribution < -0.4 is 10.6 Å². The van der Waals surface area contributed by atoms with E-state index in [0.717, 1.165) is 5.69 Å². The van der Waals surface area contributed by atoms with E-state index in [1.54, 1.807) is 18.5 Å². The maximum atomic E-state index is 9.33. The van der Waals surface area contributed by atoms with Crippen molar-refractivity contribution in [3.63, 3.8) is 0 Å². The minimum absolute atomic E-state index is 0.0160. The van der Waals surface area contributed by atoms with Gasteiger partial charge in [-0.15, -0.1) is 0 Å². The molecule has 4 N–H and O–H groups in total. The monoisotopic (exact) mass is 264 g/mol. The van der Waals surface area contributed by atoms with Crippen molar-refractivity contribution in [1.82, 2.24) is 4.98 Å². The molecular weight excluding hydrogens is 244 g/mol. The van der Waals surface area contributed by atoms with E-state index >= 15 is 0 Å². The van der Waals surface area contributed by atoms with Crippen molar-refractivity contribution in [2.75, 3.05) is 24.6 Å². The van der Waals surface area contributed by atoms with Gasteiger partial charge in [-0.3, -0.25) is 10.4 Å². The highest BCUT2D eigenvalue weighted by Crippen LogP contribution is 2.27. The zero-order chi connectivity index (χ0) is 14.0. The first kappa shape index (κ1) is 13.8. The average molecular weight is 264 g/mol. The number of hydrogen-bond acceptors (Lipinski definition) is 5. The molecule has 0 spiro atoms. The molecule has 0 aliphatic carbocycles. The number of morpholine rings is 1. The van der Waals surface area contributed by atoms with E-state index in [4.69, 9.17) is 15.9 Å². The van der Waals surface area contributed by atoms with Gasteiger partial charge >= 0.3 is 0 Å². The van der Waals surface area contributed by atoms with Crippen LogP contribution in [0.2, 0.25) is 0 Å². The van der Waals surface area contributed by atoms with Crippen molar-refractivity contribution in [2.45, 2.75) is 25.6 Å². The van der Waals surface area contributed by atoms with Crippen LogP contribution in [0.4, 0.5) is 5.69 Å². The maximum Gasteiger partial charge on any atom is 0.125 e. The van der Waals surface area contributed by atoms with E-state index in [0.29, 0.717) is 18.7 Å². The molecule has 1 aromatic rings. The van der Waals surface area contributed by atoms with E-state index in [9.17, 15) is 5.11 Å². The Morgan fingerprint density at radius 1 is 1.68 bits per heavy atom. The number of ether oxygens (including phenoxy) is 1.